The van der Waals surface area contributed by atoms with Gasteiger partial charge in [0.15, 0.2) is 0 Å². The third-order valence-corrected chi connectivity index (χ3v) is 5.17. The highest BCUT2D eigenvalue weighted by Crippen LogP contribution is 2.32. The monoisotopic (exact) mass is 556 g/mol. The zero-order chi connectivity index (χ0) is 29.1. The number of carbonyl (C=O) groups is 3. The highest BCUT2D eigenvalue weighted by atomic mass is 35.5. The first kappa shape index (κ1) is 31.0. The van der Waals surface area contributed by atoms with Gasteiger partial charge in [0.1, 0.15) is 11.4 Å². The van der Waals surface area contributed by atoms with Crippen molar-refractivity contribution in [3.05, 3.63) is 64.2 Å². The first-order valence-corrected chi connectivity index (χ1v) is 12.2. The summed E-state index contributed by atoms with van der Waals surface area (Å²) >= 11 is 5.84. The first-order chi connectivity index (χ1) is 17.3. The second kappa shape index (κ2) is 11.6. The van der Waals surface area contributed by atoms with Crippen LogP contribution in [0.1, 0.15) is 79.5 Å². The fourth-order valence-electron chi connectivity index (χ4n) is 3.36. The van der Waals surface area contributed by atoms with E-state index in [1.807, 2.05) is 20.8 Å². The van der Waals surface area contributed by atoms with Gasteiger partial charge in [0.2, 0.25) is 0 Å². The molecule has 0 spiro atoms. The maximum Gasteiger partial charge on any atom is 0.573 e. The number of rotatable bonds is 6. The van der Waals surface area contributed by atoms with Gasteiger partial charge >= 0.3 is 12.3 Å². The number of benzene rings is 2. The molecule has 2 aromatic rings. The minimum atomic E-state index is -5.01. The van der Waals surface area contributed by atoms with E-state index in [2.05, 4.69) is 4.74 Å². The molecule has 0 saturated carbocycles. The Balaban J connectivity index is 2.42. The lowest BCUT2D eigenvalue weighted by Gasteiger charge is -2.38. The van der Waals surface area contributed by atoms with E-state index in [4.69, 9.17) is 16.3 Å². The molecular weight excluding hydrogens is 525 g/mol. The average molecular weight is 557 g/mol. The molecule has 0 radical (unpaired) electrons. The lowest BCUT2D eigenvalue weighted by molar-refractivity contribution is -0.274. The fraction of sp³-hybridized carbons (Fsp3) is 0.444. The first-order valence-electron chi connectivity index (χ1n) is 11.8. The molecule has 0 aliphatic carbocycles. The van der Waals surface area contributed by atoms with E-state index < -0.39 is 40.9 Å². The molecule has 0 atom stereocenters. The minimum Gasteiger partial charge on any atom is -0.456 e. The summed E-state index contributed by atoms with van der Waals surface area (Å²) in [5.74, 6) is -2.54. The number of hydrazine groups is 1. The van der Waals surface area contributed by atoms with Crippen LogP contribution in [-0.2, 0) is 4.74 Å². The minimum absolute atomic E-state index is 0.0689. The molecule has 0 heterocycles. The number of nitrogens with zero attached hydrogens (tertiary/aromatic N) is 2. The molecule has 38 heavy (non-hydrogen) atoms. The summed E-state index contributed by atoms with van der Waals surface area (Å²) in [5, 5.41) is 2.06. The summed E-state index contributed by atoms with van der Waals surface area (Å²) in [6, 6.07) is 9.07. The van der Waals surface area contributed by atoms with E-state index >= 15 is 0 Å². The Hall–Kier alpha value is -3.27. The summed E-state index contributed by atoms with van der Waals surface area (Å²) in [6.45, 7) is 12.6. The van der Waals surface area contributed by atoms with E-state index in [0.29, 0.717) is 0 Å². The molecule has 208 valence electrons. The normalized spacial score (nSPS) is 12.1. The lowest BCUT2D eigenvalue weighted by Crippen LogP contribution is -2.52. The van der Waals surface area contributed by atoms with Gasteiger partial charge in [-0.1, -0.05) is 32.4 Å². The van der Waals surface area contributed by atoms with Gasteiger partial charge in [0.05, 0.1) is 10.6 Å². The molecule has 0 fully saturated rings. The molecule has 11 heteroatoms. The third kappa shape index (κ3) is 8.93. The second-order valence-electron chi connectivity index (χ2n) is 10.7. The number of esters is 1. The SMILES string of the molecule is CCN(C(=O)c1ccc(C(=O)OC(C)(C)C)cc1)N(CC(C)(C)C)C(=O)c1ccc(Cl)c(OC(F)(F)F)c1. The summed E-state index contributed by atoms with van der Waals surface area (Å²) in [5.41, 5.74) is -0.875. The molecule has 0 N–H and O–H groups in total. The van der Waals surface area contributed by atoms with Crippen molar-refractivity contribution in [1.29, 1.82) is 0 Å². The van der Waals surface area contributed by atoms with Crippen LogP contribution in [0, 0.1) is 5.41 Å². The highest BCUT2D eigenvalue weighted by molar-refractivity contribution is 6.32. The molecule has 0 bridgehead atoms. The Morgan fingerprint density at radius 2 is 1.32 bits per heavy atom. The van der Waals surface area contributed by atoms with Crippen molar-refractivity contribution in [3.63, 3.8) is 0 Å². The second-order valence-corrected chi connectivity index (χ2v) is 11.1. The smallest absolute Gasteiger partial charge is 0.456 e. The maximum absolute atomic E-state index is 13.6. The van der Waals surface area contributed by atoms with Crippen molar-refractivity contribution in [2.45, 2.75) is 60.4 Å². The predicted molar refractivity (Wildman–Crippen MR) is 137 cm³/mol. The molecule has 7 nitrogen and oxygen atoms in total. The van der Waals surface area contributed by atoms with Gasteiger partial charge < -0.3 is 9.47 Å². The van der Waals surface area contributed by atoms with Gasteiger partial charge in [-0.2, -0.15) is 0 Å². The van der Waals surface area contributed by atoms with Crippen LogP contribution >= 0.6 is 11.6 Å². The van der Waals surface area contributed by atoms with Gasteiger partial charge in [-0.15, -0.1) is 13.2 Å². The standard InChI is InChI=1S/C27H32ClF3N2O5/c1-8-32(22(34)17-9-11-18(12-10-17)24(36)38-26(5,6)7)33(16-25(2,3)4)23(35)19-13-14-20(28)21(15-19)37-27(29,30)31/h9-15H,8,16H2,1-7H3. The average Bonchev–Trinajstić information content (AvgIpc) is 2.77. The van der Waals surface area contributed by atoms with E-state index in [9.17, 15) is 27.6 Å². The van der Waals surface area contributed by atoms with Crippen molar-refractivity contribution in [2.24, 2.45) is 5.41 Å². The molecule has 0 aliphatic rings. The van der Waals surface area contributed by atoms with Crippen molar-refractivity contribution in [3.8, 4) is 5.75 Å². The van der Waals surface area contributed by atoms with E-state index in [-0.39, 0.29) is 34.8 Å². The van der Waals surface area contributed by atoms with Crippen molar-refractivity contribution in [2.75, 3.05) is 13.1 Å². The quantitative estimate of drug-likeness (QED) is 0.290. The third-order valence-electron chi connectivity index (χ3n) is 4.85. The number of ether oxygens (including phenoxy) is 2. The van der Waals surface area contributed by atoms with Crippen LogP contribution in [0.2, 0.25) is 5.02 Å². The molecule has 0 unspecified atom stereocenters. The Bertz CT molecular complexity index is 1170. The van der Waals surface area contributed by atoms with E-state index in [1.54, 1.807) is 27.7 Å². The number of amides is 2. The highest BCUT2D eigenvalue weighted by Gasteiger charge is 2.34. The van der Waals surface area contributed by atoms with Crippen LogP contribution in [0.5, 0.6) is 5.75 Å². The summed E-state index contributed by atoms with van der Waals surface area (Å²) in [7, 11) is 0. The summed E-state index contributed by atoms with van der Waals surface area (Å²) in [4.78, 5) is 39.4. The molecular formula is C27H32ClF3N2O5. The fourth-order valence-corrected chi connectivity index (χ4v) is 3.52. The van der Waals surface area contributed by atoms with E-state index in [1.165, 1.54) is 40.3 Å². The Kier molecular flexibility index (Phi) is 9.48. The van der Waals surface area contributed by atoms with Crippen LogP contribution in [0.4, 0.5) is 13.2 Å². The molecule has 2 amide bonds. The van der Waals surface area contributed by atoms with Gasteiger partial charge in [-0.3, -0.25) is 9.59 Å². The van der Waals surface area contributed by atoms with Crippen molar-refractivity contribution >= 4 is 29.4 Å². The van der Waals surface area contributed by atoms with Gasteiger partial charge in [-0.05, 0) is 75.6 Å². The van der Waals surface area contributed by atoms with Gasteiger partial charge in [0.25, 0.3) is 11.8 Å². The van der Waals surface area contributed by atoms with Crippen LogP contribution < -0.4 is 4.74 Å². The summed E-state index contributed by atoms with van der Waals surface area (Å²) in [6.07, 6.45) is -5.01. The van der Waals surface area contributed by atoms with Crippen LogP contribution in [0.3, 0.4) is 0 Å². The van der Waals surface area contributed by atoms with Crippen LogP contribution in [0.15, 0.2) is 42.5 Å². The maximum atomic E-state index is 13.6. The predicted octanol–water partition coefficient (Wildman–Crippen LogP) is 6.76. The number of hydrogen-bond acceptors (Lipinski definition) is 5. The number of halogens is 4. The van der Waals surface area contributed by atoms with Crippen LogP contribution in [0.25, 0.3) is 0 Å². The van der Waals surface area contributed by atoms with Crippen molar-refractivity contribution < 1.29 is 37.0 Å². The number of hydrogen-bond donors (Lipinski definition) is 0. The van der Waals surface area contributed by atoms with Gasteiger partial charge in [-0.25, -0.2) is 14.8 Å². The Morgan fingerprint density at radius 1 is 0.816 bits per heavy atom. The molecule has 2 aromatic carbocycles. The van der Waals surface area contributed by atoms with Crippen LogP contribution in [-0.4, -0.2) is 52.9 Å². The van der Waals surface area contributed by atoms with Crippen molar-refractivity contribution in [1.82, 2.24) is 10.0 Å². The Morgan fingerprint density at radius 3 is 1.79 bits per heavy atom. The zero-order valence-electron chi connectivity index (χ0n) is 22.4. The molecule has 2 rings (SSSR count). The topological polar surface area (TPSA) is 76.2 Å². The number of carbonyl (C=O) groups excluding carboxylic acids is 3. The van der Waals surface area contributed by atoms with Gasteiger partial charge in [0, 0.05) is 24.2 Å². The molecule has 0 aliphatic heterocycles. The number of alkyl halides is 3. The van der Waals surface area contributed by atoms with E-state index in [0.717, 1.165) is 12.1 Å². The Labute approximate surface area is 225 Å². The molecule has 0 saturated heterocycles. The molecule has 0 aromatic heterocycles. The summed E-state index contributed by atoms with van der Waals surface area (Å²) < 4.78 is 47.7. The largest absolute Gasteiger partial charge is 0.573 e. The lowest BCUT2D eigenvalue weighted by atomic mass is 9.96. The zero-order valence-corrected chi connectivity index (χ0v) is 23.2.